The second kappa shape index (κ2) is 7.55. The predicted octanol–water partition coefficient (Wildman–Crippen LogP) is 2.60. The van der Waals surface area contributed by atoms with Crippen molar-refractivity contribution in [2.75, 3.05) is 6.54 Å². The minimum atomic E-state index is -2.73. The molecule has 5 nitrogen and oxygen atoms in total. The van der Waals surface area contributed by atoms with Crippen LogP contribution in [0.15, 0.2) is 24.3 Å². The van der Waals surface area contributed by atoms with E-state index in [1.54, 1.807) is 0 Å². The molecule has 0 aromatic heterocycles. The fraction of sp³-hybridized carbons (Fsp3) is 0.500. The molecule has 1 aromatic rings. The lowest BCUT2D eigenvalue weighted by atomic mass is 9.86. The summed E-state index contributed by atoms with van der Waals surface area (Å²) in [6, 6.07) is 4.79. The molecule has 0 radical (unpaired) electrons. The van der Waals surface area contributed by atoms with Crippen LogP contribution < -0.4 is 10.1 Å². The molecule has 1 aliphatic rings. The van der Waals surface area contributed by atoms with Crippen molar-refractivity contribution in [2.24, 2.45) is 5.92 Å². The molecule has 1 aromatic carbocycles. The van der Waals surface area contributed by atoms with E-state index in [0.29, 0.717) is 0 Å². The van der Waals surface area contributed by atoms with Gasteiger partial charge in [-0.3, -0.25) is 4.79 Å². The number of aliphatic carboxylic acids is 1. The maximum atomic E-state index is 13.1. The van der Waals surface area contributed by atoms with Crippen LogP contribution in [0.3, 0.4) is 0 Å². The summed E-state index contributed by atoms with van der Waals surface area (Å²) in [5.41, 5.74) is 0. The van der Waals surface area contributed by atoms with Gasteiger partial charge in [-0.25, -0.2) is 18.0 Å². The van der Waals surface area contributed by atoms with Crippen molar-refractivity contribution in [3.8, 4) is 5.75 Å². The van der Waals surface area contributed by atoms with Gasteiger partial charge in [0.15, 0.2) is 0 Å². The summed E-state index contributed by atoms with van der Waals surface area (Å²) < 4.78 is 44.2. The number of carboxylic acid groups (broad SMARTS) is 1. The molecular formula is C16H18F3NO4. The summed E-state index contributed by atoms with van der Waals surface area (Å²) >= 11 is 0. The SMILES string of the molecule is O=C(NCC(Oc1ccc(F)cc1)C(=O)O)C1CCC(F)(F)CC1. The lowest BCUT2D eigenvalue weighted by Crippen LogP contribution is -2.43. The summed E-state index contributed by atoms with van der Waals surface area (Å²) in [7, 11) is 0. The van der Waals surface area contributed by atoms with Crippen molar-refractivity contribution in [2.45, 2.75) is 37.7 Å². The van der Waals surface area contributed by atoms with Crippen LogP contribution in [0.25, 0.3) is 0 Å². The average molecular weight is 345 g/mol. The van der Waals surface area contributed by atoms with E-state index in [9.17, 15) is 22.8 Å². The first-order chi connectivity index (χ1) is 11.3. The molecule has 0 heterocycles. The van der Waals surface area contributed by atoms with Crippen LogP contribution >= 0.6 is 0 Å². The van der Waals surface area contributed by atoms with Gasteiger partial charge in [-0.2, -0.15) is 0 Å². The smallest absolute Gasteiger partial charge is 0.346 e. The van der Waals surface area contributed by atoms with Gasteiger partial charge in [-0.15, -0.1) is 0 Å². The normalized spacial score (nSPS) is 18.6. The fourth-order valence-corrected chi connectivity index (χ4v) is 2.50. The first-order valence-corrected chi connectivity index (χ1v) is 7.57. The van der Waals surface area contributed by atoms with E-state index in [4.69, 9.17) is 9.84 Å². The number of rotatable bonds is 6. The number of carbonyl (C=O) groups excluding carboxylic acids is 1. The number of alkyl halides is 2. The van der Waals surface area contributed by atoms with Crippen molar-refractivity contribution in [1.29, 1.82) is 0 Å². The van der Waals surface area contributed by atoms with Crippen LogP contribution in [0.1, 0.15) is 25.7 Å². The number of halogens is 3. The van der Waals surface area contributed by atoms with E-state index in [1.165, 1.54) is 12.1 Å². The van der Waals surface area contributed by atoms with Gasteiger partial charge in [-0.05, 0) is 37.1 Å². The Morgan fingerprint density at radius 2 is 1.83 bits per heavy atom. The molecule has 1 amide bonds. The predicted molar refractivity (Wildman–Crippen MR) is 78.4 cm³/mol. The van der Waals surface area contributed by atoms with E-state index in [-0.39, 0.29) is 38.0 Å². The summed E-state index contributed by atoms with van der Waals surface area (Å²) in [6.45, 7) is -0.307. The van der Waals surface area contributed by atoms with E-state index < -0.39 is 35.6 Å². The topological polar surface area (TPSA) is 75.6 Å². The Morgan fingerprint density at radius 3 is 2.38 bits per heavy atom. The number of amides is 1. The van der Waals surface area contributed by atoms with Gasteiger partial charge < -0.3 is 15.2 Å². The zero-order valence-corrected chi connectivity index (χ0v) is 12.8. The third kappa shape index (κ3) is 5.14. The quantitative estimate of drug-likeness (QED) is 0.831. The summed E-state index contributed by atoms with van der Waals surface area (Å²) in [5, 5.41) is 11.6. The monoisotopic (exact) mass is 345 g/mol. The van der Waals surface area contributed by atoms with Crippen LogP contribution in [-0.2, 0) is 9.59 Å². The number of nitrogens with one attached hydrogen (secondary N) is 1. The number of hydrogen-bond acceptors (Lipinski definition) is 3. The Bertz CT molecular complexity index is 581. The average Bonchev–Trinajstić information content (AvgIpc) is 2.52. The Hall–Kier alpha value is -2.25. The van der Waals surface area contributed by atoms with E-state index >= 15 is 0 Å². The van der Waals surface area contributed by atoms with Gasteiger partial charge in [0.25, 0.3) is 0 Å². The standard InChI is InChI=1S/C16H18F3NO4/c17-11-1-3-12(4-2-11)24-13(15(22)23)9-20-14(21)10-5-7-16(18,19)8-6-10/h1-4,10,13H,5-9H2,(H,20,21)(H,22,23). The number of benzene rings is 1. The van der Waals surface area contributed by atoms with Crippen molar-refractivity contribution in [3.05, 3.63) is 30.1 Å². The molecule has 8 heteroatoms. The maximum Gasteiger partial charge on any atom is 0.346 e. The van der Waals surface area contributed by atoms with Gasteiger partial charge in [0.2, 0.25) is 17.9 Å². The minimum absolute atomic E-state index is 0.0649. The minimum Gasteiger partial charge on any atom is -0.478 e. The Kier molecular flexibility index (Phi) is 5.69. The highest BCUT2D eigenvalue weighted by Gasteiger charge is 2.37. The molecule has 2 N–H and O–H groups in total. The Balaban J connectivity index is 1.86. The molecule has 2 rings (SSSR count). The number of hydrogen-bond donors (Lipinski definition) is 2. The maximum absolute atomic E-state index is 13.1. The Morgan fingerprint density at radius 1 is 1.25 bits per heavy atom. The van der Waals surface area contributed by atoms with Crippen LogP contribution in [0.5, 0.6) is 5.75 Å². The second-order valence-electron chi connectivity index (χ2n) is 5.77. The zero-order chi connectivity index (χ0) is 17.7. The third-order valence-corrected chi connectivity index (χ3v) is 3.92. The molecule has 1 saturated carbocycles. The first-order valence-electron chi connectivity index (χ1n) is 7.57. The van der Waals surface area contributed by atoms with Crippen LogP contribution in [0.4, 0.5) is 13.2 Å². The van der Waals surface area contributed by atoms with Crippen molar-refractivity contribution in [1.82, 2.24) is 5.32 Å². The van der Waals surface area contributed by atoms with Gasteiger partial charge in [0.05, 0.1) is 6.54 Å². The van der Waals surface area contributed by atoms with Gasteiger partial charge >= 0.3 is 5.97 Å². The molecule has 1 unspecified atom stereocenters. The highest BCUT2D eigenvalue weighted by Crippen LogP contribution is 2.36. The van der Waals surface area contributed by atoms with Crippen molar-refractivity contribution >= 4 is 11.9 Å². The largest absolute Gasteiger partial charge is 0.478 e. The molecule has 1 atom stereocenters. The zero-order valence-electron chi connectivity index (χ0n) is 12.8. The highest BCUT2D eigenvalue weighted by molar-refractivity contribution is 5.80. The van der Waals surface area contributed by atoms with Crippen molar-refractivity contribution < 1.29 is 32.6 Å². The molecule has 1 aliphatic carbocycles. The second-order valence-corrected chi connectivity index (χ2v) is 5.77. The number of ether oxygens (including phenoxy) is 1. The Labute approximate surface area is 136 Å². The van der Waals surface area contributed by atoms with Crippen LogP contribution in [0, 0.1) is 11.7 Å². The molecule has 1 fully saturated rings. The third-order valence-electron chi connectivity index (χ3n) is 3.92. The summed E-state index contributed by atoms with van der Waals surface area (Å²) in [5.74, 6) is -5.38. The van der Waals surface area contributed by atoms with E-state index in [1.807, 2.05) is 0 Å². The molecule has 0 bridgehead atoms. The molecule has 0 spiro atoms. The van der Waals surface area contributed by atoms with Crippen LogP contribution in [-0.4, -0.2) is 35.6 Å². The number of carboxylic acids is 1. The molecule has 24 heavy (non-hydrogen) atoms. The molecule has 0 aliphatic heterocycles. The molecule has 132 valence electrons. The summed E-state index contributed by atoms with van der Waals surface area (Å²) in [6.07, 6.45) is -1.92. The van der Waals surface area contributed by atoms with Gasteiger partial charge in [0, 0.05) is 18.8 Å². The van der Waals surface area contributed by atoms with Crippen LogP contribution in [0.2, 0.25) is 0 Å². The fourth-order valence-electron chi connectivity index (χ4n) is 2.50. The number of carbonyl (C=O) groups is 2. The van der Waals surface area contributed by atoms with Gasteiger partial charge in [0.1, 0.15) is 11.6 Å². The van der Waals surface area contributed by atoms with Crippen molar-refractivity contribution in [3.63, 3.8) is 0 Å². The highest BCUT2D eigenvalue weighted by atomic mass is 19.3. The lowest BCUT2D eigenvalue weighted by Gasteiger charge is -2.27. The molecular weight excluding hydrogens is 327 g/mol. The first kappa shape index (κ1) is 18.1. The van der Waals surface area contributed by atoms with E-state index in [0.717, 1.165) is 12.1 Å². The molecule has 0 saturated heterocycles. The van der Waals surface area contributed by atoms with E-state index in [2.05, 4.69) is 5.32 Å². The summed E-state index contributed by atoms with van der Waals surface area (Å²) in [4.78, 5) is 23.2. The lowest BCUT2D eigenvalue weighted by molar-refractivity contribution is -0.145. The van der Waals surface area contributed by atoms with Gasteiger partial charge in [-0.1, -0.05) is 0 Å².